The summed E-state index contributed by atoms with van der Waals surface area (Å²) in [5, 5.41) is 0. The van der Waals surface area contributed by atoms with E-state index in [1.165, 1.54) is 5.56 Å². The van der Waals surface area contributed by atoms with Gasteiger partial charge in [0.05, 0.1) is 11.0 Å². The molecule has 2 heteroatoms. The van der Waals surface area contributed by atoms with Gasteiger partial charge in [0.15, 0.2) is 0 Å². The van der Waals surface area contributed by atoms with Gasteiger partial charge in [0.1, 0.15) is 0 Å². The fourth-order valence-corrected chi connectivity index (χ4v) is 1.62. The molecule has 2 rings (SSSR count). The predicted octanol–water partition coefficient (Wildman–Crippen LogP) is 3.14. The zero-order valence-corrected chi connectivity index (χ0v) is 8.57. The van der Waals surface area contributed by atoms with Gasteiger partial charge >= 0.3 is 0 Å². The van der Waals surface area contributed by atoms with Crippen molar-refractivity contribution < 1.29 is 0 Å². The van der Waals surface area contributed by atoms with Crippen molar-refractivity contribution in [3.63, 3.8) is 0 Å². The van der Waals surface area contributed by atoms with Crippen LogP contribution in [-0.4, -0.2) is 9.97 Å². The van der Waals surface area contributed by atoms with Crippen LogP contribution in [0.4, 0.5) is 0 Å². The van der Waals surface area contributed by atoms with Crippen LogP contribution in [0.1, 0.15) is 31.7 Å². The van der Waals surface area contributed by atoms with Crippen molar-refractivity contribution in [1.82, 2.24) is 9.97 Å². The van der Waals surface area contributed by atoms with Gasteiger partial charge in [0.2, 0.25) is 0 Å². The quantitative estimate of drug-likeness (QED) is 0.720. The minimum absolute atomic E-state index is 0.551. The summed E-state index contributed by atoms with van der Waals surface area (Å²) in [6, 6.07) is 6.01. The Morgan fingerprint density at radius 3 is 2.86 bits per heavy atom. The van der Waals surface area contributed by atoms with Crippen LogP contribution in [0.25, 0.3) is 11.0 Å². The summed E-state index contributed by atoms with van der Waals surface area (Å²) in [6.45, 7) is 4.42. The zero-order valence-electron chi connectivity index (χ0n) is 8.57. The minimum atomic E-state index is 0.551. The van der Waals surface area contributed by atoms with Crippen molar-refractivity contribution in [1.29, 1.82) is 0 Å². The number of hydrogen-bond acceptors (Lipinski definition) is 2. The lowest BCUT2D eigenvalue weighted by Crippen LogP contribution is -1.95. The molecular formula is C12H14N2. The molecule has 0 aliphatic heterocycles. The summed E-state index contributed by atoms with van der Waals surface area (Å²) >= 11 is 0. The molecule has 0 amide bonds. The first-order valence-electron chi connectivity index (χ1n) is 5.02. The molecule has 2 nitrogen and oxygen atoms in total. The van der Waals surface area contributed by atoms with E-state index >= 15 is 0 Å². The number of fused-ring (bicyclic) bond motifs is 1. The SMILES string of the molecule is CCC(C)c1ccnc2cccnc12. The highest BCUT2D eigenvalue weighted by Gasteiger charge is 2.08. The highest BCUT2D eigenvalue weighted by molar-refractivity contribution is 5.77. The van der Waals surface area contributed by atoms with Gasteiger partial charge in [-0.05, 0) is 36.1 Å². The molecule has 1 unspecified atom stereocenters. The average molecular weight is 186 g/mol. The second-order valence-electron chi connectivity index (χ2n) is 3.58. The normalized spacial score (nSPS) is 13.0. The third-order valence-electron chi connectivity index (χ3n) is 2.67. The van der Waals surface area contributed by atoms with E-state index in [0.29, 0.717) is 5.92 Å². The van der Waals surface area contributed by atoms with E-state index in [0.717, 1.165) is 17.5 Å². The number of nitrogens with zero attached hydrogens (tertiary/aromatic N) is 2. The molecule has 2 aromatic heterocycles. The summed E-state index contributed by atoms with van der Waals surface area (Å²) < 4.78 is 0. The van der Waals surface area contributed by atoms with Crippen molar-refractivity contribution in [3.05, 3.63) is 36.2 Å². The van der Waals surface area contributed by atoms with Crippen molar-refractivity contribution in [2.75, 3.05) is 0 Å². The zero-order chi connectivity index (χ0) is 9.97. The summed E-state index contributed by atoms with van der Waals surface area (Å²) in [5.74, 6) is 0.551. The lowest BCUT2D eigenvalue weighted by molar-refractivity contribution is 0.737. The molecule has 72 valence electrons. The molecule has 14 heavy (non-hydrogen) atoms. The number of hydrogen-bond donors (Lipinski definition) is 0. The minimum Gasteiger partial charge on any atom is -0.255 e. The number of pyridine rings is 2. The van der Waals surface area contributed by atoms with E-state index in [2.05, 4.69) is 29.9 Å². The fraction of sp³-hybridized carbons (Fsp3) is 0.333. The smallest absolute Gasteiger partial charge is 0.0921 e. The van der Waals surface area contributed by atoms with E-state index in [1.54, 1.807) is 0 Å². The van der Waals surface area contributed by atoms with E-state index < -0.39 is 0 Å². The molecule has 2 aromatic rings. The Hall–Kier alpha value is -1.44. The Kier molecular flexibility index (Phi) is 2.44. The highest BCUT2D eigenvalue weighted by Crippen LogP contribution is 2.24. The van der Waals surface area contributed by atoms with Crippen molar-refractivity contribution >= 4 is 11.0 Å². The van der Waals surface area contributed by atoms with Gasteiger partial charge in [0, 0.05) is 12.4 Å². The van der Waals surface area contributed by atoms with Gasteiger partial charge in [-0.1, -0.05) is 13.8 Å². The topological polar surface area (TPSA) is 25.8 Å². The second kappa shape index (κ2) is 3.74. The summed E-state index contributed by atoms with van der Waals surface area (Å²) in [6.07, 6.45) is 4.83. The Labute approximate surface area is 84.0 Å². The maximum absolute atomic E-state index is 4.39. The van der Waals surface area contributed by atoms with Crippen LogP contribution in [0.5, 0.6) is 0 Å². The molecule has 0 aromatic carbocycles. The molecular weight excluding hydrogens is 172 g/mol. The Morgan fingerprint density at radius 2 is 2.07 bits per heavy atom. The Bertz CT molecular complexity index is 432. The van der Waals surface area contributed by atoms with Crippen LogP contribution in [0.3, 0.4) is 0 Å². The van der Waals surface area contributed by atoms with Gasteiger partial charge in [-0.2, -0.15) is 0 Å². The van der Waals surface area contributed by atoms with Gasteiger partial charge < -0.3 is 0 Å². The van der Waals surface area contributed by atoms with Gasteiger partial charge in [-0.25, -0.2) is 0 Å². The predicted molar refractivity (Wildman–Crippen MR) is 58.2 cm³/mol. The van der Waals surface area contributed by atoms with Crippen LogP contribution >= 0.6 is 0 Å². The summed E-state index contributed by atoms with van der Waals surface area (Å²) in [7, 11) is 0. The van der Waals surface area contributed by atoms with Crippen LogP contribution in [0.2, 0.25) is 0 Å². The Balaban J connectivity index is 2.65. The highest BCUT2D eigenvalue weighted by atomic mass is 14.7. The average Bonchev–Trinajstić information content (AvgIpc) is 2.27. The first kappa shape index (κ1) is 9.13. The fourth-order valence-electron chi connectivity index (χ4n) is 1.62. The molecule has 0 spiro atoms. The third kappa shape index (κ3) is 1.48. The molecule has 0 aliphatic rings. The maximum atomic E-state index is 4.39. The lowest BCUT2D eigenvalue weighted by Gasteiger charge is -2.10. The van der Waals surface area contributed by atoms with Gasteiger partial charge in [-0.15, -0.1) is 0 Å². The number of rotatable bonds is 2. The Morgan fingerprint density at radius 1 is 1.21 bits per heavy atom. The van der Waals surface area contributed by atoms with E-state index in [9.17, 15) is 0 Å². The first-order valence-corrected chi connectivity index (χ1v) is 5.02. The second-order valence-corrected chi connectivity index (χ2v) is 3.58. The largest absolute Gasteiger partial charge is 0.255 e. The molecule has 0 N–H and O–H groups in total. The van der Waals surface area contributed by atoms with E-state index in [-0.39, 0.29) is 0 Å². The molecule has 2 heterocycles. The van der Waals surface area contributed by atoms with E-state index in [1.807, 2.05) is 24.5 Å². The molecule has 0 radical (unpaired) electrons. The van der Waals surface area contributed by atoms with Crippen LogP contribution < -0.4 is 0 Å². The molecule has 0 aliphatic carbocycles. The molecule has 0 fully saturated rings. The van der Waals surface area contributed by atoms with Crippen LogP contribution in [-0.2, 0) is 0 Å². The first-order chi connectivity index (χ1) is 6.83. The third-order valence-corrected chi connectivity index (χ3v) is 2.67. The summed E-state index contributed by atoms with van der Waals surface area (Å²) in [4.78, 5) is 8.68. The summed E-state index contributed by atoms with van der Waals surface area (Å²) in [5.41, 5.74) is 3.34. The van der Waals surface area contributed by atoms with Crippen LogP contribution in [0.15, 0.2) is 30.6 Å². The molecule has 0 saturated heterocycles. The lowest BCUT2D eigenvalue weighted by atomic mass is 9.98. The van der Waals surface area contributed by atoms with Crippen molar-refractivity contribution in [2.45, 2.75) is 26.2 Å². The standard InChI is InChI=1S/C12H14N2/c1-3-9(2)10-6-8-13-11-5-4-7-14-12(10)11/h4-9H,3H2,1-2H3. The molecule has 0 bridgehead atoms. The van der Waals surface area contributed by atoms with Gasteiger partial charge in [0.25, 0.3) is 0 Å². The molecule has 1 atom stereocenters. The maximum Gasteiger partial charge on any atom is 0.0921 e. The van der Waals surface area contributed by atoms with Crippen molar-refractivity contribution in [2.24, 2.45) is 0 Å². The van der Waals surface area contributed by atoms with Crippen molar-refractivity contribution in [3.8, 4) is 0 Å². The van der Waals surface area contributed by atoms with Crippen LogP contribution in [0, 0.1) is 0 Å². The van der Waals surface area contributed by atoms with E-state index in [4.69, 9.17) is 0 Å². The monoisotopic (exact) mass is 186 g/mol. The van der Waals surface area contributed by atoms with Gasteiger partial charge in [-0.3, -0.25) is 9.97 Å². The number of aromatic nitrogens is 2. The molecule has 0 saturated carbocycles.